The number of carboxylic acid groups (broad SMARTS) is 2. The highest BCUT2D eigenvalue weighted by atomic mass is 32.1. The molecule has 6 N–H and O–H groups in total. The number of nitrogens with zero attached hydrogens (tertiary/aromatic N) is 2. The van der Waals surface area contributed by atoms with Crippen LogP contribution in [-0.4, -0.2) is 117 Å². The number of rotatable bonds is 10. The maximum Gasteiger partial charge on any atom is 0.490 e. The molecule has 0 unspecified atom stereocenters. The van der Waals surface area contributed by atoms with E-state index in [1.165, 1.54) is 22.1 Å². The molecule has 2 aliphatic heterocycles. The van der Waals surface area contributed by atoms with Gasteiger partial charge in [0.05, 0.1) is 35.1 Å². The van der Waals surface area contributed by atoms with E-state index in [-0.39, 0.29) is 22.1 Å². The molecule has 1 amide bonds. The Balaban J connectivity index is 0.000000456. The summed E-state index contributed by atoms with van der Waals surface area (Å²) < 4.78 is 70.4. The minimum absolute atomic E-state index is 0.00636. The number of halogens is 6. The number of thiazole rings is 1. The Bertz CT molecular complexity index is 2050. The van der Waals surface area contributed by atoms with Crippen LogP contribution in [0.1, 0.15) is 57.8 Å². The number of aryl methyl sites for hydroxylation is 1. The lowest BCUT2D eigenvalue weighted by Crippen LogP contribution is -2.57. The number of H-pyrrole nitrogens is 1. The zero-order valence-corrected chi connectivity index (χ0v) is 32.6. The fraction of sp³-hybridized carbons (Fsp3) is 0.459. The highest BCUT2D eigenvalue weighted by Crippen LogP contribution is 2.33. The molecule has 0 aliphatic carbocycles. The molecule has 318 valence electrons. The predicted molar refractivity (Wildman–Crippen MR) is 202 cm³/mol. The van der Waals surface area contributed by atoms with E-state index in [1.54, 1.807) is 17.4 Å². The summed E-state index contributed by atoms with van der Waals surface area (Å²) in [6.45, 7) is 7.83. The van der Waals surface area contributed by atoms with Crippen molar-refractivity contribution in [2.75, 3.05) is 45.9 Å². The van der Waals surface area contributed by atoms with Gasteiger partial charge in [0.15, 0.2) is 0 Å². The summed E-state index contributed by atoms with van der Waals surface area (Å²) >= 11 is 2.66. The first kappa shape index (κ1) is 46.2. The number of aliphatic hydroxyl groups excluding tert-OH is 1. The van der Waals surface area contributed by atoms with Crippen molar-refractivity contribution in [1.82, 2.24) is 20.1 Å². The number of hydrogen-bond acceptors (Lipinski definition) is 11. The molecule has 2 saturated heterocycles. The van der Waals surface area contributed by atoms with Gasteiger partial charge in [-0.1, -0.05) is 48.6 Å². The van der Waals surface area contributed by atoms with Crippen molar-refractivity contribution in [3.05, 3.63) is 84.6 Å². The number of morpholine rings is 1. The molecule has 2 fully saturated rings. The first-order valence-electron chi connectivity index (χ1n) is 17.9. The molecule has 2 aromatic carbocycles. The number of amides is 1. The molecule has 1 atom stereocenters. The molecule has 58 heavy (non-hydrogen) atoms. The van der Waals surface area contributed by atoms with Crippen LogP contribution < -0.4 is 10.2 Å². The monoisotopic (exact) mass is 864 g/mol. The SMILES string of the molecule is CCc1cc(C(=O)N2CCOC3(CCN(Cc4cccc(CCNC[C@H](O)c5ccc(O)c6[nH]c(=O)sc56)c4)CC3)C2)cs1.O=C(O)C(F)(F)F.O=C(O)C(F)(F)F. The summed E-state index contributed by atoms with van der Waals surface area (Å²) in [7, 11) is 0. The summed E-state index contributed by atoms with van der Waals surface area (Å²) in [6.07, 6.45) is -7.34. The maximum absolute atomic E-state index is 13.2. The van der Waals surface area contributed by atoms with E-state index in [0.29, 0.717) is 48.6 Å². The van der Waals surface area contributed by atoms with Crippen LogP contribution in [0.4, 0.5) is 26.3 Å². The molecule has 13 nitrogen and oxygen atoms in total. The van der Waals surface area contributed by atoms with E-state index in [9.17, 15) is 46.1 Å². The number of likely N-dealkylation sites (tertiary alicyclic amines) is 1. The summed E-state index contributed by atoms with van der Waals surface area (Å²) in [4.78, 5) is 50.8. The minimum Gasteiger partial charge on any atom is -0.506 e. The van der Waals surface area contributed by atoms with Crippen LogP contribution in [-0.2, 0) is 33.7 Å². The maximum atomic E-state index is 13.2. The zero-order valence-electron chi connectivity index (χ0n) is 31.0. The van der Waals surface area contributed by atoms with Gasteiger partial charge in [-0.25, -0.2) is 9.59 Å². The van der Waals surface area contributed by atoms with E-state index in [0.717, 1.165) is 62.2 Å². The van der Waals surface area contributed by atoms with Crippen LogP contribution in [0.3, 0.4) is 0 Å². The van der Waals surface area contributed by atoms with Crippen molar-refractivity contribution >= 4 is 50.7 Å². The third kappa shape index (κ3) is 13.0. The summed E-state index contributed by atoms with van der Waals surface area (Å²) in [5.74, 6) is -5.38. The first-order chi connectivity index (χ1) is 27.2. The van der Waals surface area contributed by atoms with Gasteiger partial charge in [-0.2, -0.15) is 26.3 Å². The number of carbonyl (C=O) groups is 3. The highest BCUT2D eigenvalue weighted by Gasteiger charge is 2.41. The number of fused-ring (bicyclic) bond motifs is 1. The number of aromatic nitrogens is 1. The van der Waals surface area contributed by atoms with Gasteiger partial charge >= 0.3 is 29.2 Å². The Labute approximate surface area is 335 Å². The van der Waals surface area contributed by atoms with Crippen molar-refractivity contribution in [2.45, 2.75) is 63.2 Å². The van der Waals surface area contributed by atoms with Gasteiger partial charge in [-0.15, -0.1) is 11.3 Å². The molecule has 4 heterocycles. The van der Waals surface area contributed by atoms with Crippen LogP contribution in [0.25, 0.3) is 10.2 Å². The van der Waals surface area contributed by atoms with Gasteiger partial charge < -0.3 is 40.4 Å². The number of phenolic OH excluding ortho intramolecular Hbond substituents is 1. The normalized spacial score (nSPS) is 16.2. The Kier molecular flexibility index (Phi) is 15.9. The molecular formula is C37H42F6N4O9S2. The number of aromatic hydroxyl groups is 1. The number of aliphatic carboxylic acids is 2. The first-order valence-corrected chi connectivity index (χ1v) is 19.6. The second kappa shape index (κ2) is 19.9. The quantitative estimate of drug-likeness (QED) is 0.0865. The number of nitrogens with one attached hydrogen (secondary N) is 2. The van der Waals surface area contributed by atoms with Gasteiger partial charge in [-0.05, 0) is 55.5 Å². The number of alkyl halides is 6. The number of piperidine rings is 1. The fourth-order valence-corrected chi connectivity index (χ4v) is 8.05. The van der Waals surface area contributed by atoms with Crippen LogP contribution in [0.2, 0.25) is 0 Å². The summed E-state index contributed by atoms with van der Waals surface area (Å²) in [6, 6.07) is 13.9. The van der Waals surface area contributed by atoms with E-state index in [1.807, 2.05) is 16.3 Å². The van der Waals surface area contributed by atoms with Gasteiger partial charge in [0, 0.05) is 48.5 Å². The molecule has 1 spiro atoms. The Morgan fingerprint density at radius 2 is 1.62 bits per heavy atom. The van der Waals surface area contributed by atoms with Crippen molar-refractivity contribution in [2.24, 2.45) is 0 Å². The number of aliphatic hydroxyl groups is 1. The van der Waals surface area contributed by atoms with Gasteiger partial charge in [-0.3, -0.25) is 14.5 Å². The van der Waals surface area contributed by atoms with Crippen molar-refractivity contribution in [3.8, 4) is 5.75 Å². The number of hydrogen-bond donors (Lipinski definition) is 6. The molecule has 0 bridgehead atoms. The van der Waals surface area contributed by atoms with Crippen LogP contribution in [0, 0.1) is 0 Å². The Morgan fingerprint density at radius 1 is 0.983 bits per heavy atom. The Hall–Kier alpha value is -4.54. The lowest BCUT2D eigenvalue weighted by Gasteiger charge is -2.47. The molecule has 21 heteroatoms. The zero-order chi connectivity index (χ0) is 42.8. The average Bonchev–Trinajstić information content (AvgIpc) is 3.81. The molecule has 2 aliphatic rings. The third-order valence-electron chi connectivity index (χ3n) is 9.31. The smallest absolute Gasteiger partial charge is 0.490 e. The summed E-state index contributed by atoms with van der Waals surface area (Å²) in [5, 5.41) is 40.3. The van der Waals surface area contributed by atoms with E-state index in [2.05, 4.69) is 46.4 Å². The van der Waals surface area contributed by atoms with Gasteiger partial charge in [0.2, 0.25) is 0 Å². The molecule has 2 aromatic heterocycles. The molecule has 4 aromatic rings. The van der Waals surface area contributed by atoms with E-state index < -0.39 is 30.4 Å². The minimum atomic E-state index is -5.08. The molecule has 6 rings (SSSR count). The van der Waals surface area contributed by atoms with Gasteiger partial charge in [0.1, 0.15) is 11.3 Å². The van der Waals surface area contributed by atoms with Crippen LogP contribution in [0.5, 0.6) is 5.75 Å². The number of carbonyl (C=O) groups excluding carboxylic acids is 1. The number of benzene rings is 2. The number of phenols is 1. The second-order valence-corrected chi connectivity index (χ2v) is 15.5. The lowest BCUT2D eigenvalue weighted by atomic mass is 9.89. The fourth-order valence-electron chi connectivity index (χ4n) is 6.33. The topological polar surface area (TPSA) is 193 Å². The Morgan fingerprint density at radius 3 is 2.22 bits per heavy atom. The van der Waals surface area contributed by atoms with Crippen LogP contribution in [0.15, 0.2) is 52.6 Å². The molecule has 0 saturated carbocycles. The number of ether oxygens (including phenoxy) is 1. The van der Waals surface area contributed by atoms with Crippen molar-refractivity contribution < 1.29 is 65.9 Å². The summed E-state index contributed by atoms with van der Waals surface area (Å²) in [5.41, 5.74) is 4.07. The number of thiophene rings is 1. The van der Waals surface area contributed by atoms with Crippen molar-refractivity contribution in [3.63, 3.8) is 0 Å². The predicted octanol–water partition coefficient (Wildman–Crippen LogP) is 5.56. The van der Waals surface area contributed by atoms with Crippen molar-refractivity contribution in [1.29, 1.82) is 0 Å². The number of carboxylic acids is 2. The van der Waals surface area contributed by atoms with Crippen LogP contribution >= 0.6 is 22.7 Å². The molecule has 0 radical (unpaired) electrons. The van der Waals surface area contributed by atoms with E-state index in [4.69, 9.17) is 24.5 Å². The standard InChI is InChI=1S/C33H40N4O5S2.2C2HF3O2/c1-2-25-17-24(20-43-25)31(40)37-14-15-42-33(21-37)9-12-36(13-10-33)19-23-5-3-4-22(16-23)8-11-34-18-28(39)26-6-7-27(38)29-30(26)44-32(41)35-29;2*3-2(4,5)1(6)7/h3-7,16-17,20,28,34,38-39H,2,8-15,18-19,21H2,1H3,(H,35,41);2*(H,6,7)/t28-;;/m0../s1. The molecular weight excluding hydrogens is 823 g/mol. The lowest BCUT2D eigenvalue weighted by molar-refractivity contribution is -0.193. The third-order valence-corrected chi connectivity index (χ3v) is 11.3. The second-order valence-electron chi connectivity index (χ2n) is 13.5. The number of aromatic amines is 1. The highest BCUT2D eigenvalue weighted by molar-refractivity contribution is 7.16. The van der Waals surface area contributed by atoms with Gasteiger partial charge in [0.25, 0.3) is 5.91 Å². The largest absolute Gasteiger partial charge is 0.506 e. The average molecular weight is 865 g/mol. The van der Waals surface area contributed by atoms with E-state index >= 15 is 0 Å².